The Morgan fingerprint density at radius 2 is 1.88 bits per heavy atom. The molecule has 1 aromatic heterocycles. The van der Waals surface area contributed by atoms with Gasteiger partial charge in [-0.15, -0.1) is 0 Å². The van der Waals surface area contributed by atoms with Crippen LogP contribution in [0.5, 0.6) is 0 Å². The van der Waals surface area contributed by atoms with E-state index in [0.717, 1.165) is 0 Å². The maximum absolute atomic E-state index is 2.51. The molecule has 0 aromatic carbocycles. The number of hydrogen-bond donors (Lipinski definition) is 0. The summed E-state index contributed by atoms with van der Waals surface area (Å²) in [4.78, 5) is 1.64. The van der Waals surface area contributed by atoms with E-state index in [-0.39, 0.29) is 21.1 Å². The predicted molar refractivity (Wildman–Crippen MR) is 77.3 cm³/mol. The number of unbranched alkanes of at least 4 members (excludes halogenated alkanes) is 4. The molecule has 0 fully saturated rings. The Morgan fingerprint density at radius 3 is 2.62 bits per heavy atom. The summed E-state index contributed by atoms with van der Waals surface area (Å²) >= 11 is 1.81. The SMILES string of the molecule is CCCCCCc1c[c]([Sn][CH2]CCC)cs1. The average molecular weight is 343 g/mol. The zero-order valence-corrected chi connectivity index (χ0v) is 14.4. The minimum absolute atomic E-state index is 0.196. The van der Waals surface area contributed by atoms with E-state index in [1.54, 1.807) is 8.46 Å². The van der Waals surface area contributed by atoms with Crippen LogP contribution in [0, 0.1) is 0 Å². The van der Waals surface area contributed by atoms with Crippen molar-refractivity contribution >= 4 is 36.1 Å². The van der Waals surface area contributed by atoms with Crippen molar-refractivity contribution in [2.75, 3.05) is 0 Å². The summed E-state index contributed by atoms with van der Waals surface area (Å²) in [5.74, 6) is 0. The zero-order chi connectivity index (χ0) is 11.6. The van der Waals surface area contributed by atoms with E-state index in [1.165, 1.54) is 49.4 Å². The molecule has 0 atom stereocenters. The van der Waals surface area contributed by atoms with Crippen molar-refractivity contribution in [2.45, 2.75) is 63.2 Å². The third-order valence-corrected chi connectivity index (χ3v) is 8.10. The second-order valence-electron chi connectivity index (χ2n) is 4.39. The molecule has 0 aliphatic rings. The molecule has 1 heterocycles. The van der Waals surface area contributed by atoms with E-state index in [9.17, 15) is 0 Å². The van der Waals surface area contributed by atoms with Crippen molar-refractivity contribution in [1.29, 1.82) is 0 Å². The van der Waals surface area contributed by atoms with E-state index >= 15 is 0 Å². The molecule has 0 nitrogen and oxygen atoms in total. The maximum atomic E-state index is 2.51. The van der Waals surface area contributed by atoms with E-state index < -0.39 is 0 Å². The summed E-state index contributed by atoms with van der Waals surface area (Å²) in [5.41, 5.74) is 0. The standard InChI is InChI=1S/C10H15S.C4H9.Sn/c1-2-3-4-5-7-10-8-6-9-11-10;1-3-4-2;/h8-9H,2-5,7H2,1H3;1,3-4H2,2H3;. The Hall–Kier alpha value is 0.499. The molecule has 0 spiro atoms. The molecule has 90 valence electrons. The number of aryl methyl sites for hydroxylation is 1. The molecule has 0 saturated heterocycles. The van der Waals surface area contributed by atoms with Gasteiger partial charge in [0.25, 0.3) is 0 Å². The molecule has 2 heteroatoms. The Bertz CT molecular complexity index is 267. The van der Waals surface area contributed by atoms with Crippen LogP contribution >= 0.6 is 11.3 Å². The first kappa shape index (κ1) is 14.6. The summed E-state index contributed by atoms with van der Waals surface area (Å²) < 4.78 is 3.28. The first-order valence-corrected chi connectivity index (χ1v) is 11.0. The third-order valence-electron chi connectivity index (χ3n) is 2.79. The van der Waals surface area contributed by atoms with Gasteiger partial charge >= 0.3 is 116 Å². The Labute approximate surface area is 115 Å². The number of hydrogen-bond acceptors (Lipinski definition) is 1. The van der Waals surface area contributed by atoms with Crippen LogP contribution in [0.1, 0.15) is 57.2 Å². The molecule has 0 unspecified atom stereocenters. The number of thiophene rings is 1. The first-order valence-electron chi connectivity index (χ1n) is 6.68. The van der Waals surface area contributed by atoms with Gasteiger partial charge in [-0.1, -0.05) is 0 Å². The molecule has 1 aromatic rings. The molecule has 0 bridgehead atoms. The molecule has 0 N–H and O–H groups in total. The van der Waals surface area contributed by atoms with Crippen LogP contribution in [0.15, 0.2) is 11.4 Å². The minimum atomic E-state index is -0.196. The van der Waals surface area contributed by atoms with Gasteiger partial charge in [0.1, 0.15) is 0 Å². The van der Waals surface area contributed by atoms with Gasteiger partial charge in [-0.25, -0.2) is 0 Å². The molecule has 16 heavy (non-hydrogen) atoms. The second kappa shape index (κ2) is 9.52. The average Bonchev–Trinajstić information content (AvgIpc) is 2.73. The van der Waals surface area contributed by atoms with E-state index in [0.29, 0.717) is 0 Å². The topological polar surface area (TPSA) is 0 Å². The van der Waals surface area contributed by atoms with Gasteiger partial charge in [-0.05, 0) is 0 Å². The monoisotopic (exact) mass is 344 g/mol. The summed E-state index contributed by atoms with van der Waals surface area (Å²) in [6, 6.07) is 2.51. The van der Waals surface area contributed by atoms with Crippen LogP contribution in [-0.2, 0) is 6.42 Å². The molecule has 0 saturated carbocycles. The predicted octanol–water partition coefficient (Wildman–Crippen LogP) is 4.42. The normalized spacial score (nSPS) is 10.9. The fourth-order valence-electron chi connectivity index (χ4n) is 1.74. The summed E-state index contributed by atoms with van der Waals surface area (Å²) in [6.07, 6.45) is 9.72. The van der Waals surface area contributed by atoms with Gasteiger partial charge in [0.2, 0.25) is 0 Å². The Morgan fingerprint density at radius 1 is 1.06 bits per heavy atom. The summed E-state index contributed by atoms with van der Waals surface area (Å²) in [6.45, 7) is 4.58. The molecule has 0 aliphatic carbocycles. The van der Waals surface area contributed by atoms with Gasteiger partial charge in [0.05, 0.1) is 0 Å². The molecular weight excluding hydrogens is 319 g/mol. The molecule has 0 amide bonds. The van der Waals surface area contributed by atoms with Crippen molar-refractivity contribution in [2.24, 2.45) is 0 Å². The fourth-order valence-corrected chi connectivity index (χ4v) is 7.27. The quantitative estimate of drug-likeness (QED) is 0.460. The zero-order valence-electron chi connectivity index (χ0n) is 10.7. The van der Waals surface area contributed by atoms with Gasteiger partial charge in [0, 0.05) is 0 Å². The van der Waals surface area contributed by atoms with Gasteiger partial charge < -0.3 is 0 Å². The van der Waals surface area contributed by atoms with Crippen molar-refractivity contribution in [3.63, 3.8) is 0 Å². The van der Waals surface area contributed by atoms with Crippen molar-refractivity contribution in [3.8, 4) is 0 Å². The van der Waals surface area contributed by atoms with Crippen LogP contribution in [0.3, 0.4) is 0 Å². The van der Waals surface area contributed by atoms with Gasteiger partial charge in [-0.3, -0.25) is 0 Å². The first-order chi connectivity index (χ1) is 7.86. The molecule has 2 radical (unpaired) electrons. The van der Waals surface area contributed by atoms with Crippen LogP contribution in [-0.4, -0.2) is 21.1 Å². The van der Waals surface area contributed by atoms with E-state index in [4.69, 9.17) is 0 Å². The van der Waals surface area contributed by atoms with Crippen LogP contribution < -0.4 is 3.58 Å². The van der Waals surface area contributed by atoms with Crippen molar-refractivity contribution in [1.82, 2.24) is 0 Å². The molecular formula is C14H24SSn. The van der Waals surface area contributed by atoms with Crippen molar-refractivity contribution < 1.29 is 0 Å². The van der Waals surface area contributed by atoms with Gasteiger partial charge in [-0.2, -0.15) is 0 Å². The van der Waals surface area contributed by atoms with Crippen LogP contribution in [0.4, 0.5) is 0 Å². The van der Waals surface area contributed by atoms with Crippen molar-refractivity contribution in [3.05, 3.63) is 16.3 Å². The van der Waals surface area contributed by atoms with E-state index in [1.807, 2.05) is 11.3 Å². The second-order valence-corrected chi connectivity index (χ2v) is 9.47. The Kier molecular flexibility index (Phi) is 8.66. The summed E-state index contributed by atoms with van der Waals surface area (Å²) in [7, 11) is 0. The van der Waals surface area contributed by atoms with Crippen LogP contribution in [0.25, 0.3) is 0 Å². The molecule has 0 aliphatic heterocycles. The third kappa shape index (κ3) is 6.29. The summed E-state index contributed by atoms with van der Waals surface area (Å²) in [5, 5.41) is 2.44. The van der Waals surface area contributed by atoms with E-state index in [2.05, 4.69) is 25.3 Å². The fraction of sp³-hybridized carbons (Fsp3) is 0.714. The van der Waals surface area contributed by atoms with Crippen LogP contribution in [0.2, 0.25) is 4.44 Å². The van der Waals surface area contributed by atoms with Gasteiger partial charge in [0.15, 0.2) is 0 Å². The molecule has 1 rings (SSSR count). The number of rotatable bonds is 9. The Balaban J connectivity index is 2.17.